The number of benzene rings is 1. The van der Waals surface area contributed by atoms with E-state index < -0.39 is 0 Å². The summed E-state index contributed by atoms with van der Waals surface area (Å²) in [6.07, 6.45) is 5.68. The molecule has 0 saturated carbocycles. The number of nitrogens with one attached hydrogen (secondary N) is 1. The van der Waals surface area contributed by atoms with Gasteiger partial charge in [0, 0.05) is 6.21 Å². The third-order valence-corrected chi connectivity index (χ3v) is 1.58. The van der Waals surface area contributed by atoms with Crippen LogP contribution in [-0.4, -0.2) is 44.0 Å². The van der Waals surface area contributed by atoms with Gasteiger partial charge in [-0.2, -0.15) is 5.10 Å². The van der Waals surface area contributed by atoms with Crippen molar-refractivity contribution in [2.45, 2.75) is 0 Å². The Morgan fingerprint density at radius 1 is 1.17 bits per heavy atom. The van der Waals surface area contributed by atoms with Crippen molar-refractivity contribution in [1.29, 1.82) is 0 Å². The molecule has 0 radical (unpaired) electrons. The first-order valence-corrected chi connectivity index (χ1v) is 3.51. The second-order valence-corrected chi connectivity index (χ2v) is 2.34. The predicted molar refractivity (Wildman–Crippen MR) is 56.1 cm³/mol. The van der Waals surface area contributed by atoms with Gasteiger partial charge in [0.1, 0.15) is 0 Å². The van der Waals surface area contributed by atoms with Crippen LogP contribution in [0.2, 0.25) is 0 Å². The van der Waals surface area contributed by atoms with Gasteiger partial charge < -0.3 is 0 Å². The fourth-order valence-corrected chi connectivity index (χ4v) is 1.04. The van der Waals surface area contributed by atoms with Crippen LogP contribution in [0.1, 0.15) is 5.56 Å². The first-order valence-electron chi connectivity index (χ1n) is 3.51. The van der Waals surface area contributed by atoms with Gasteiger partial charge in [-0.3, -0.25) is 5.43 Å². The molecule has 0 amide bonds. The van der Waals surface area contributed by atoms with E-state index in [-0.39, 0.29) is 37.7 Å². The summed E-state index contributed by atoms with van der Waals surface area (Å²) in [7, 11) is 0. The van der Waals surface area contributed by atoms with Gasteiger partial charge in [0.2, 0.25) is 0 Å². The number of anilines is 1. The van der Waals surface area contributed by atoms with Crippen LogP contribution in [0.4, 0.5) is 5.69 Å². The summed E-state index contributed by atoms with van der Waals surface area (Å²) in [6, 6.07) is 8.05. The first kappa shape index (κ1) is 9.78. The van der Waals surface area contributed by atoms with Crippen LogP contribution in [0.5, 0.6) is 0 Å². The first-order chi connectivity index (χ1) is 5.47. The van der Waals surface area contributed by atoms with Crippen LogP contribution in [0.15, 0.2) is 35.4 Å². The van der Waals surface area contributed by atoms with Crippen molar-refractivity contribution in [3.63, 3.8) is 0 Å². The van der Waals surface area contributed by atoms with Gasteiger partial charge in [0.15, 0.2) is 0 Å². The molecular formula is C9H10CaN2. The Bertz CT molecular complexity index is 318. The normalized spacial score (nSPS) is 12.3. The zero-order valence-electron chi connectivity index (χ0n) is 5.99. The van der Waals surface area contributed by atoms with Crippen molar-refractivity contribution in [3.05, 3.63) is 35.9 Å². The molecule has 1 heterocycles. The summed E-state index contributed by atoms with van der Waals surface area (Å²) < 4.78 is 0. The summed E-state index contributed by atoms with van der Waals surface area (Å²) in [5, 5.41) is 3.95. The Morgan fingerprint density at radius 2 is 2.00 bits per heavy atom. The van der Waals surface area contributed by atoms with Crippen LogP contribution in [0, 0.1) is 0 Å². The molecule has 1 N–H and O–H groups in total. The number of hydrogen-bond donors (Lipinski definition) is 1. The van der Waals surface area contributed by atoms with Gasteiger partial charge in [-0.25, -0.2) is 0 Å². The maximum atomic E-state index is 3.95. The third-order valence-electron chi connectivity index (χ3n) is 1.58. The van der Waals surface area contributed by atoms with E-state index in [0.29, 0.717) is 0 Å². The molecule has 2 rings (SSSR count). The Hall–Kier alpha value is -0.310. The molecule has 3 heteroatoms. The molecule has 1 aromatic rings. The van der Waals surface area contributed by atoms with Crippen molar-refractivity contribution in [2.75, 3.05) is 5.43 Å². The molecule has 1 aromatic carbocycles. The summed E-state index contributed by atoms with van der Waals surface area (Å²) in [4.78, 5) is 0. The van der Waals surface area contributed by atoms with Crippen molar-refractivity contribution in [1.82, 2.24) is 0 Å². The van der Waals surface area contributed by atoms with Gasteiger partial charge in [0.25, 0.3) is 0 Å². The Kier molecular flexibility index (Phi) is 3.79. The standard InChI is InChI=1S/C9H8N2.Ca.2H/c1-2-6-9-8(4-1)5-3-7-10-11-9;;;/h1-7,11H;;;. The molecule has 1 aliphatic heterocycles. The molecule has 58 valence electrons. The molecule has 0 fully saturated rings. The monoisotopic (exact) mass is 186 g/mol. The average molecular weight is 186 g/mol. The van der Waals surface area contributed by atoms with E-state index in [0.717, 1.165) is 5.69 Å². The quantitative estimate of drug-likeness (QED) is 0.605. The van der Waals surface area contributed by atoms with Crippen molar-refractivity contribution in [3.8, 4) is 0 Å². The van der Waals surface area contributed by atoms with E-state index in [1.54, 1.807) is 6.21 Å². The van der Waals surface area contributed by atoms with Gasteiger partial charge in [0.05, 0.1) is 5.69 Å². The van der Waals surface area contributed by atoms with Crippen molar-refractivity contribution < 1.29 is 0 Å². The number of fused-ring (bicyclic) bond motifs is 1. The topological polar surface area (TPSA) is 24.4 Å². The zero-order valence-corrected chi connectivity index (χ0v) is 5.99. The van der Waals surface area contributed by atoms with Gasteiger partial charge >= 0.3 is 37.7 Å². The molecule has 0 atom stereocenters. The van der Waals surface area contributed by atoms with Crippen LogP contribution >= 0.6 is 0 Å². The molecule has 0 aliphatic carbocycles. The van der Waals surface area contributed by atoms with E-state index >= 15 is 0 Å². The molecule has 12 heavy (non-hydrogen) atoms. The van der Waals surface area contributed by atoms with E-state index in [4.69, 9.17) is 0 Å². The van der Waals surface area contributed by atoms with E-state index in [9.17, 15) is 0 Å². The molecule has 0 bridgehead atoms. The van der Waals surface area contributed by atoms with Gasteiger partial charge in [-0.05, 0) is 17.7 Å². The minimum absolute atomic E-state index is 0. The SMILES string of the molecule is C1=Cc2ccccc2NN=C1.[CaH2]. The summed E-state index contributed by atoms with van der Waals surface area (Å²) in [5.41, 5.74) is 5.16. The number of allylic oxidation sites excluding steroid dienone is 1. The van der Waals surface area contributed by atoms with Crippen molar-refractivity contribution in [2.24, 2.45) is 5.10 Å². The second-order valence-electron chi connectivity index (χ2n) is 2.34. The van der Waals surface area contributed by atoms with E-state index in [1.165, 1.54) is 5.56 Å². The van der Waals surface area contributed by atoms with Crippen LogP contribution in [0.3, 0.4) is 0 Å². The zero-order chi connectivity index (χ0) is 7.52. The number of rotatable bonds is 0. The van der Waals surface area contributed by atoms with Crippen LogP contribution in [-0.2, 0) is 0 Å². The number of nitrogens with zero attached hydrogens (tertiary/aromatic N) is 1. The summed E-state index contributed by atoms with van der Waals surface area (Å²) in [6.45, 7) is 0. The third kappa shape index (κ3) is 2.09. The molecule has 1 aliphatic rings. The Labute approximate surface area is 101 Å². The van der Waals surface area contributed by atoms with Gasteiger partial charge in [-0.1, -0.05) is 24.3 Å². The molecule has 2 nitrogen and oxygen atoms in total. The summed E-state index contributed by atoms with van der Waals surface area (Å²) in [5.74, 6) is 0. The minimum atomic E-state index is 0. The average Bonchev–Trinajstić information content (AvgIpc) is 2.28. The number of hydrazone groups is 1. The number of para-hydroxylation sites is 1. The Morgan fingerprint density at radius 3 is 2.92 bits per heavy atom. The molecule has 0 unspecified atom stereocenters. The van der Waals surface area contributed by atoms with Crippen LogP contribution < -0.4 is 5.43 Å². The Balaban J connectivity index is 0.000000720. The van der Waals surface area contributed by atoms with Crippen molar-refractivity contribution >= 4 is 55.7 Å². The van der Waals surface area contributed by atoms with Gasteiger partial charge in [-0.15, -0.1) is 0 Å². The predicted octanol–water partition coefficient (Wildman–Crippen LogP) is 1.19. The fraction of sp³-hybridized carbons (Fsp3) is 0. The van der Waals surface area contributed by atoms with E-state index in [1.807, 2.05) is 36.4 Å². The summed E-state index contributed by atoms with van der Waals surface area (Å²) >= 11 is 0. The molecular weight excluding hydrogens is 176 g/mol. The fourth-order valence-electron chi connectivity index (χ4n) is 1.04. The molecule has 0 saturated heterocycles. The second kappa shape index (κ2) is 4.65. The van der Waals surface area contributed by atoms with E-state index in [2.05, 4.69) is 10.5 Å². The number of hydrogen-bond acceptors (Lipinski definition) is 2. The molecule has 0 spiro atoms. The molecule has 0 aromatic heterocycles. The van der Waals surface area contributed by atoms with Crippen LogP contribution in [0.25, 0.3) is 6.08 Å². The maximum absolute atomic E-state index is 3.95.